The highest BCUT2D eigenvalue weighted by molar-refractivity contribution is 6.06. The highest BCUT2D eigenvalue weighted by atomic mass is 16.7. The molecule has 2 fully saturated rings. The number of carbonyl (C=O) groups excluding carboxylic acids is 2. The number of nitro groups is 1. The predicted octanol–water partition coefficient (Wildman–Crippen LogP) is -1.18. The maximum Gasteiger partial charge on any atom is 0.357 e. The van der Waals surface area contributed by atoms with Gasteiger partial charge in [0.2, 0.25) is 11.8 Å². The highest BCUT2D eigenvalue weighted by Crippen LogP contribution is 2.49. The molecule has 0 aromatic rings. The average molecular weight is 210 g/mol. The molecule has 2 amide bonds. The molecule has 4 atom stereocenters. The van der Waals surface area contributed by atoms with Gasteiger partial charge in [-0.15, -0.1) is 0 Å². The Kier molecular flexibility index (Phi) is 1.28. The van der Waals surface area contributed by atoms with Gasteiger partial charge in [-0.1, -0.05) is 0 Å². The van der Waals surface area contributed by atoms with Crippen molar-refractivity contribution in [3.05, 3.63) is 22.3 Å². The molecule has 15 heavy (non-hydrogen) atoms. The number of ether oxygens (including phenoxy) is 1. The zero-order chi connectivity index (χ0) is 10.8. The standard InChI is InChI=1S/C8H6N2O5/c11-6-4-3-1-2-8(15-3,10(13)14)5(4)7(12)9-6/h1-5H,(H,9,11,12). The van der Waals surface area contributed by atoms with Crippen LogP contribution < -0.4 is 5.32 Å². The van der Waals surface area contributed by atoms with Gasteiger partial charge in [0.25, 0.3) is 0 Å². The van der Waals surface area contributed by atoms with E-state index in [0.717, 1.165) is 0 Å². The van der Waals surface area contributed by atoms with Gasteiger partial charge in [-0.05, 0) is 6.08 Å². The summed E-state index contributed by atoms with van der Waals surface area (Å²) in [5, 5.41) is 13.0. The van der Waals surface area contributed by atoms with Crippen LogP contribution in [0.15, 0.2) is 12.2 Å². The quantitative estimate of drug-likeness (QED) is 0.254. The summed E-state index contributed by atoms with van der Waals surface area (Å²) in [6, 6.07) is 0. The second-order valence-electron chi connectivity index (χ2n) is 3.81. The molecule has 0 spiro atoms. The van der Waals surface area contributed by atoms with Gasteiger partial charge in [0, 0.05) is 6.08 Å². The van der Waals surface area contributed by atoms with Crippen molar-refractivity contribution in [3.8, 4) is 0 Å². The van der Waals surface area contributed by atoms with E-state index in [2.05, 4.69) is 5.32 Å². The number of amides is 2. The number of hydrogen-bond donors (Lipinski definition) is 1. The first-order chi connectivity index (χ1) is 7.06. The van der Waals surface area contributed by atoms with E-state index in [1.165, 1.54) is 12.2 Å². The molecular formula is C8H6N2O5. The summed E-state index contributed by atoms with van der Waals surface area (Å²) < 4.78 is 5.14. The number of imide groups is 1. The third-order valence-corrected chi connectivity index (χ3v) is 3.13. The summed E-state index contributed by atoms with van der Waals surface area (Å²) >= 11 is 0. The molecule has 4 unspecified atom stereocenters. The van der Waals surface area contributed by atoms with Crippen LogP contribution in [-0.2, 0) is 14.3 Å². The van der Waals surface area contributed by atoms with Crippen LogP contribution in [0.3, 0.4) is 0 Å². The van der Waals surface area contributed by atoms with E-state index < -0.39 is 40.4 Å². The van der Waals surface area contributed by atoms with Crippen LogP contribution >= 0.6 is 0 Å². The van der Waals surface area contributed by atoms with Crippen LogP contribution in [0.4, 0.5) is 0 Å². The molecule has 78 valence electrons. The Hall–Kier alpha value is -1.76. The Morgan fingerprint density at radius 3 is 2.87 bits per heavy atom. The van der Waals surface area contributed by atoms with Crippen molar-refractivity contribution in [2.75, 3.05) is 0 Å². The van der Waals surface area contributed by atoms with E-state index in [4.69, 9.17) is 4.74 Å². The second kappa shape index (κ2) is 2.25. The largest absolute Gasteiger partial charge is 0.357 e. The second-order valence-corrected chi connectivity index (χ2v) is 3.81. The maximum atomic E-state index is 11.4. The topological polar surface area (TPSA) is 98.5 Å². The van der Waals surface area contributed by atoms with Crippen molar-refractivity contribution < 1.29 is 19.2 Å². The molecule has 0 aromatic carbocycles. The number of nitrogens with zero attached hydrogens (tertiary/aromatic N) is 1. The smallest absolute Gasteiger partial charge is 0.302 e. The minimum atomic E-state index is -1.83. The third-order valence-electron chi connectivity index (χ3n) is 3.13. The number of nitrogens with one attached hydrogen (secondary N) is 1. The van der Waals surface area contributed by atoms with Gasteiger partial charge in [-0.2, -0.15) is 0 Å². The number of carbonyl (C=O) groups is 2. The Balaban J connectivity index is 2.15. The van der Waals surface area contributed by atoms with Crippen LogP contribution in [0.1, 0.15) is 0 Å². The van der Waals surface area contributed by atoms with Crippen molar-refractivity contribution in [1.29, 1.82) is 0 Å². The van der Waals surface area contributed by atoms with E-state index >= 15 is 0 Å². The van der Waals surface area contributed by atoms with Crippen LogP contribution in [0.2, 0.25) is 0 Å². The van der Waals surface area contributed by atoms with Crippen molar-refractivity contribution in [3.63, 3.8) is 0 Å². The van der Waals surface area contributed by atoms with E-state index in [1.807, 2.05) is 0 Å². The SMILES string of the molecule is O=C1NC(=O)C2C1C1C=CC2([N+](=O)[O-])O1. The minimum Gasteiger partial charge on any atom is -0.302 e. The molecule has 2 saturated heterocycles. The summed E-state index contributed by atoms with van der Waals surface area (Å²) in [6.45, 7) is 0. The van der Waals surface area contributed by atoms with Crippen molar-refractivity contribution >= 4 is 11.8 Å². The zero-order valence-electron chi connectivity index (χ0n) is 7.38. The normalized spacial score (nSPS) is 45.7. The summed E-state index contributed by atoms with van der Waals surface area (Å²) in [6.07, 6.45) is 2.09. The fourth-order valence-corrected chi connectivity index (χ4v) is 2.50. The molecule has 3 heterocycles. The van der Waals surface area contributed by atoms with Crippen LogP contribution in [0, 0.1) is 22.0 Å². The first-order valence-electron chi connectivity index (χ1n) is 4.42. The van der Waals surface area contributed by atoms with Gasteiger partial charge in [0.05, 0.1) is 16.9 Å². The van der Waals surface area contributed by atoms with E-state index in [1.54, 1.807) is 0 Å². The average Bonchev–Trinajstić information content (AvgIpc) is 2.78. The lowest BCUT2D eigenvalue weighted by Crippen LogP contribution is -2.45. The van der Waals surface area contributed by atoms with Crippen LogP contribution in [0.25, 0.3) is 0 Å². The predicted molar refractivity (Wildman–Crippen MR) is 43.9 cm³/mol. The van der Waals surface area contributed by atoms with Crippen molar-refractivity contribution in [2.24, 2.45) is 11.8 Å². The lowest BCUT2D eigenvalue weighted by atomic mass is 9.82. The molecule has 7 heteroatoms. The molecule has 2 bridgehead atoms. The van der Waals surface area contributed by atoms with E-state index in [9.17, 15) is 19.7 Å². The highest BCUT2D eigenvalue weighted by Gasteiger charge is 2.72. The molecule has 3 rings (SSSR count). The summed E-state index contributed by atoms with van der Waals surface area (Å²) in [4.78, 5) is 33.0. The van der Waals surface area contributed by atoms with E-state index in [0.29, 0.717) is 0 Å². The first-order valence-corrected chi connectivity index (χ1v) is 4.42. The number of fused-ring (bicyclic) bond motifs is 5. The van der Waals surface area contributed by atoms with Gasteiger partial charge in [-0.25, -0.2) is 0 Å². The number of hydrogen-bond acceptors (Lipinski definition) is 5. The molecule has 0 radical (unpaired) electrons. The Morgan fingerprint density at radius 2 is 2.20 bits per heavy atom. The third kappa shape index (κ3) is 0.755. The molecule has 0 saturated carbocycles. The zero-order valence-corrected chi connectivity index (χ0v) is 7.38. The van der Waals surface area contributed by atoms with Gasteiger partial charge in [0.1, 0.15) is 0 Å². The minimum absolute atomic E-state index is 0.483. The van der Waals surface area contributed by atoms with E-state index in [-0.39, 0.29) is 0 Å². The molecule has 0 aliphatic carbocycles. The fraction of sp³-hybridized carbons (Fsp3) is 0.500. The monoisotopic (exact) mass is 210 g/mol. The lowest BCUT2D eigenvalue weighted by molar-refractivity contribution is -0.611. The van der Waals surface area contributed by atoms with Crippen molar-refractivity contribution in [2.45, 2.75) is 11.8 Å². The maximum absolute atomic E-state index is 11.4. The molecule has 1 N–H and O–H groups in total. The van der Waals surface area contributed by atoms with Gasteiger partial charge < -0.3 is 4.74 Å². The summed E-state index contributed by atoms with van der Waals surface area (Å²) in [5.74, 6) is -2.86. The molecule has 3 aliphatic heterocycles. The van der Waals surface area contributed by atoms with Gasteiger partial charge >= 0.3 is 5.72 Å². The summed E-state index contributed by atoms with van der Waals surface area (Å²) in [7, 11) is 0. The molecular weight excluding hydrogens is 204 g/mol. The fourth-order valence-electron chi connectivity index (χ4n) is 2.50. The Morgan fingerprint density at radius 1 is 1.47 bits per heavy atom. The Bertz CT molecular complexity index is 431. The number of rotatable bonds is 1. The van der Waals surface area contributed by atoms with Crippen molar-refractivity contribution in [1.82, 2.24) is 5.32 Å². The summed E-state index contributed by atoms with van der Waals surface area (Å²) in [5.41, 5.74) is -1.83. The molecule has 3 aliphatic rings. The molecule has 7 nitrogen and oxygen atoms in total. The molecule has 0 aromatic heterocycles. The lowest BCUT2D eigenvalue weighted by Gasteiger charge is -2.17. The van der Waals surface area contributed by atoms with Gasteiger partial charge in [-0.3, -0.25) is 25.0 Å². The first kappa shape index (κ1) is 8.54. The van der Waals surface area contributed by atoms with Crippen LogP contribution in [-0.4, -0.2) is 28.6 Å². The van der Waals surface area contributed by atoms with Gasteiger partial charge in [0.15, 0.2) is 5.92 Å². The van der Waals surface area contributed by atoms with Crippen LogP contribution in [0.5, 0.6) is 0 Å². The Labute approximate surface area is 83.2 Å².